The average molecular weight is 473 g/mol. The molecular formula is C27H28N4O4. The number of nitrogens with one attached hydrogen (secondary N) is 2. The number of aromatic nitrogens is 3. The van der Waals surface area contributed by atoms with Crippen LogP contribution in [0, 0.1) is 6.92 Å². The van der Waals surface area contributed by atoms with Crippen LogP contribution in [0.25, 0.3) is 16.6 Å². The van der Waals surface area contributed by atoms with Gasteiger partial charge in [-0.15, -0.1) is 0 Å². The fraction of sp³-hybridized carbons (Fsp3) is 0.296. The van der Waals surface area contributed by atoms with Crippen LogP contribution in [0.1, 0.15) is 47.1 Å². The van der Waals surface area contributed by atoms with Gasteiger partial charge in [0.05, 0.1) is 16.9 Å². The van der Waals surface area contributed by atoms with Gasteiger partial charge in [0, 0.05) is 23.6 Å². The van der Waals surface area contributed by atoms with Crippen molar-refractivity contribution in [3.05, 3.63) is 81.4 Å². The van der Waals surface area contributed by atoms with E-state index in [1.165, 1.54) is 29.3 Å². The van der Waals surface area contributed by atoms with Crippen molar-refractivity contribution in [1.82, 2.24) is 14.3 Å². The molecular weight excluding hydrogens is 444 g/mol. The molecule has 2 heterocycles. The molecule has 0 saturated carbocycles. The normalized spacial score (nSPS) is 13.9. The van der Waals surface area contributed by atoms with Gasteiger partial charge in [-0.25, -0.2) is 9.48 Å². The van der Waals surface area contributed by atoms with Crippen molar-refractivity contribution in [1.29, 1.82) is 0 Å². The van der Waals surface area contributed by atoms with Crippen molar-refractivity contribution in [2.75, 3.05) is 5.32 Å². The van der Waals surface area contributed by atoms with Gasteiger partial charge in [-0.1, -0.05) is 18.2 Å². The lowest BCUT2D eigenvalue weighted by Gasteiger charge is -2.13. The van der Waals surface area contributed by atoms with Crippen LogP contribution in [0.2, 0.25) is 0 Å². The highest BCUT2D eigenvalue weighted by atomic mass is 16.5. The Morgan fingerprint density at radius 3 is 2.60 bits per heavy atom. The smallest absolute Gasteiger partial charge is 0.338 e. The molecule has 35 heavy (non-hydrogen) atoms. The first-order chi connectivity index (χ1) is 16.8. The first-order valence-electron chi connectivity index (χ1n) is 11.8. The molecule has 2 aromatic heterocycles. The van der Waals surface area contributed by atoms with E-state index in [0.29, 0.717) is 16.9 Å². The van der Waals surface area contributed by atoms with E-state index in [0.717, 1.165) is 30.2 Å². The number of nitrogens with zero attached hydrogens (tertiary/aromatic N) is 2. The van der Waals surface area contributed by atoms with E-state index in [1.54, 1.807) is 24.7 Å². The second-order valence-corrected chi connectivity index (χ2v) is 9.02. The van der Waals surface area contributed by atoms with Crippen LogP contribution in [0.5, 0.6) is 0 Å². The minimum Gasteiger partial charge on any atom is -0.449 e. The van der Waals surface area contributed by atoms with E-state index in [9.17, 15) is 14.4 Å². The number of carbonyl (C=O) groups is 2. The zero-order valence-electron chi connectivity index (χ0n) is 20.1. The number of esters is 1. The number of amides is 1. The van der Waals surface area contributed by atoms with E-state index < -0.39 is 18.0 Å². The average Bonchev–Trinajstić information content (AvgIpc) is 3.34. The van der Waals surface area contributed by atoms with Gasteiger partial charge in [0.2, 0.25) is 0 Å². The second kappa shape index (κ2) is 8.94. The molecule has 4 aromatic rings. The monoisotopic (exact) mass is 472 g/mol. The molecule has 0 saturated heterocycles. The number of carbonyl (C=O) groups excluding carboxylic acids is 2. The van der Waals surface area contributed by atoms with E-state index in [2.05, 4.69) is 10.3 Å². The summed E-state index contributed by atoms with van der Waals surface area (Å²) in [6.07, 6.45) is 3.23. The fourth-order valence-corrected chi connectivity index (χ4v) is 4.75. The van der Waals surface area contributed by atoms with Crippen molar-refractivity contribution < 1.29 is 14.3 Å². The summed E-state index contributed by atoms with van der Waals surface area (Å²) < 4.78 is 8.62. The van der Waals surface area contributed by atoms with Gasteiger partial charge >= 0.3 is 5.97 Å². The zero-order valence-corrected chi connectivity index (χ0v) is 20.1. The Hall–Kier alpha value is -4.07. The molecule has 1 amide bonds. The number of para-hydroxylation sites is 1. The third kappa shape index (κ3) is 4.05. The quantitative estimate of drug-likeness (QED) is 0.429. The maximum Gasteiger partial charge on any atom is 0.338 e. The fourth-order valence-electron chi connectivity index (χ4n) is 4.75. The number of hydrogen-bond acceptors (Lipinski definition) is 4. The largest absolute Gasteiger partial charge is 0.449 e. The van der Waals surface area contributed by atoms with Crippen LogP contribution >= 0.6 is 0 Å². The number of hydrogen-bond donors (Lipinski definition) is 2. The molecule has 5 rings (SSSR count). The molecule has 2 N–H and O–H groups in total. The maximum absolute atomic E-state index is 13.0. The van der Waals surface area contributed by atoms with Crippen molar-refractivity contribution in [3.8, 4) is 5.69 Å². The Labute approximate surface area is 202 Å². The Balaban J connectivity index is 1.33. The lowest BCUT2D eigenvalue weighted by atomic mass is 9.95. The Bertz CT molecular complexity index is 1490. The minimum atomic E-state index is -1.08. The standard InChI is InChI=1S/C27H28N4O4/c1-16-24(26(33)31(30(16)3)19-9-5-4-6-10-19)29-25(32)17(2)35-27(34)18-13-14-23-21(15-18)20-11-7-8-12-22(20)28-23/h4-6,9-10,13-15,17,28H,7-8,11-12H2,1-3H3,(H,29,32). The summed E-state index contributed by atoms with van der Waals surface area (Å²) >= 11 is 0. The summed E-state index contributed by atoms with van der Waals surface area (Å²) in [5, 5.41) is 3.69. The number of aryl methyl sites for hydroxylation is 2. The predicted molar refractivity (Wildman–Crippen MR) is 134 cm³/mol. The number of anilines is 1. The first kappa shape index (κ1) is 22.7. The number of aromatic amines is 1. The van der Waals surface area contributed by atoms with Gasteiger partial charge in [0.25, 0.3) is 11.5 Å². The zero-order chi connectivity index (χ0) is 24.7. The van der Waals surface area contributed by atoms with Crippen LogP contribution < -0.4 is 10.9 Å². The van der Waals surface area contributed by atoms with E-state index >= 15 is 0 Å². The summed E-state index contributed by atoms with van der Waals surface area (Å²) in [6, 6.07) is 14.6. The Kier molecular flexibility index (Phi) is 5.80. The van der Waals surface area contributed by atoms with Crippen molar-refractivity contribution in [3.63, 3.8) is 0 Å². The van der Waals surface area contributed by atoms with Gasteiger partial charge < -0.3 is 15.0 Å². The Morgan fingerprint density at radius 2 is 1.83 bits per heavy atom. The predicted octanol–water partition coefficient (Wildman–Crippen LogP) is 4.03. The van der Waals surface area contributed by atoms with Crippen LogP contribution in [0.15, 0.2) is 53.3 Å². The van der Waals surface area contributed by atoms with Gasteiger partial charge in [-0.2, -0.15) is 0 Å². The molecule has 8 heteroatoms. The molecule has 1 aliphatic carbocycles. The van der Waals surface area contributed by atoms with Crippen LogP contribution in [-0.4, -0.2) is 32.3 Å². The number of H-pyrrole nitrogens is 1. The lowest BCUT2D eigenvalue weighted by Crippen LogP contribution is -2.32. The van der Waals surface area contributed by atoms with Crippen LogP contribution in [-0.2, 0) is 29.4 Å². The summed E-state index contributed by atoms with van der Waals surface area (Å²) in [5.41, 5.74) is 4.99. The van der Waals surface area contributed by atoms with Gasteiger partial charge in [-0.05, 0) is 75.4 Å². The number of fused-ring (bicyclic) bond motifs is 3. The SMILES string of the molecule is Cc1c(NC(=O)C(C)OC(=O)c2ccc3[nH]c4c(c3c2)CCCC4)c(=O)n(-c2ccccc2)n1C. The van der Waals surface area contributed by atoms with Crippen molar-refractivity contribution in [2.24, 2.45) is 7.05 Å². The third-order valence-corrected chi connectivity index (χ3v) is 6.79. The molecule has 180 valence electrons. The molecule has 0 bridgehead atoms. The van der Waals surface area contributed by atoms with Crippen molar-refractivity contribution >= 4 is 28.5 Å². The molecule has 0 spiro atoms. The molecule has 0 aliphatic heterocycles. The third-order valence-electron chi connectivity index (χ3n) is 6.79. The van der Waals surface area contributed by atoms with Gasteiger partial charge in [0.15, 0.2) is 6.10 Å². The van der Waals surface area contributed by atoms with Gasteiger partial charge in [-0.3, -0.25) is 14.3 Å². The number of ether oxygens (including phenoxy) is 1. The lowest BCUT2D eigenvalue weighted by molar-refractivity contribution is -0.123. The highest BCUT2D eigenvalue weighted by Gasteiger charge is 2.24. The topological polar surface area (TPSA) is 98.1 Å². The Morgan fingerprint density at radius 1 is 1.09 bits per heavy atom. The van der Waals surface area contributed by atoms with E-state index in [1.807, 2.05) is 42.5 Å². The van der Waals surface area contributed by atoms with E-state index in [-0.39, 0.29) is 11.2 Å². The highest BCUT2D eigenvalue weighted by molar-refractivity contribution is 5.99. The second-order valence-electron chi connectivity index (χ2n) is 9.02. The first-order valence-corrected chi connectivity index (χ1v) is 11.8. The van der Waals surface area contributed by atoms with E-state index in [4.69, 9.17) is 4.74 Å². The summed E-state index contributed by atoms with van der Waals surface area (Å²) in [5.74, 6) is -1.14. The highest BCUT2D eigenvalue weighted by Crippen LogP contribution is 2.30. The summed E-state index contributed by atoms with van der Waals surface area (Å²) in [4.78, 5) is 42.2. The summed E-state index contributed by atoms with van der Waals surface area (Å²) in [7, 11) is 1.75. The summed E-state index contributed by atoms with van der Waals surface area (Å²) in [6.45, 7) is 3.25. The molecule has 8 nitrogen and oxygen atoms in total. The molecule has 0 fully saturated rings. The van der Waals surface area contributed by atoms with Crippen LogP contribution in [0.3, 0.4) is 0 Å². The molecule has 1 atom stereocenters. The number of benzene rings is 2. The van der Waals surface area contributed by atoms with Gasteiger partial charge in [0.1, 0.15) is 5.69 Å². The molecule has 2 aromatic carbocycles. The molecule has 1 unspecified atom stereocenters. The molecule has 1 aliphatic rings. The maximum atomic E-state index is 13.0. The van der Waals surface area contributed by atoms with Crippen molar-refractivity contribution in [2.45, 2.75) is 45.6 Å². The van der Waals surface area contributed by atoms with Crippen LogP contribution in [0.4, 0.5) is 5.69 Å². The molecule has 0 radical (unpaired) electrons. The minimum absolute atomic E-state index is 0.157. The number of rotatable bonds is 5.